The van der Waals surface area contributed by atoms with Gasteiger partial charge in [0.2, 0.25) is 5.91 Å². The first-order valence-corrected chi connectivity index (χ1v) is 8.68. The van der Waals surface area contributed by atoms with Crippen LogP contribution >= 0.6 is 0 Å². The Morgan fingerprint density at radius 3 is 2.70 bits per heavy atom. The second kappa shape index (κ2) is 7.61. The standard InChI is InChI=1S/C19H22N4O4/c1-12-7-8-13-5-4-6-15(17(13)21-12)27-10-9-20-16(24)11-14-18(25)23(3)19(26)22(14)2/h4-8,14H,9-11H2,1-3H3,(H,20,24)/t14-/m0/s1. The van der Waals surface area contributed by atoms with Crippen LogP contribution in [-0.4, -0.2) is 65.9 Å². The Labute approximate surface area is 157 Å². The van der Waals surface area contributed by atoms with Gasteiger partial charge in [-0.3, -0.25) is 14.5 Å². The van der Waals surface area contributed by atoms with Gasteiger partial charge in [0.1, 0.15) is 23.9 Å². The Morgan fingerprint density at radius 2 is 2.00 bits per heavy atom. The lowest BCUT2D eigenvalue weighted by Gasteiger charge is -2.16. The number of aromatic nitrogens is 1. The van der Waals surface area contributed by atoms with E-state index in [1.807, 2.05) is 37.3 Å². The number of benzene rings is 1. The van der Waals surface area contributed by atoms with Crippen molar-refractivity contribution in [3.8, 4) is 5.75 Å². The van der Waals surface area contributed by atoms with Crippen LogP contribution in [-0.2, 0) is 9.59 Å². The van der Waals surface area contributed by atoms with Gasteiger partial charge >= 0.3 is 6.03 Å². The van der Waals surface area contributed by atoms with Gasteiger partial charge in [0.25, 0.3) is 5.91 Å². The topological polar surface area (TPSA) is 91.8 Å². The third-order valence-electron chi connectivity index (χ3n) is 4.55. The van der Waals surface area contributed by atoms with Crippen LogP contribution in [0.5, 0.6) is 5.75 Å². The molecule has 2 aromatic rings. The molecule has 3 rings (SSSR count). The molecule has 8 nitrogen and oxygen atoms in total. The van der Waals surface area contributed by atoms with E-state index in [0.29, 0.717) is 5.75 Å². The number of hydrogen-bond acceptors (Lipinski definition) is 5. The molecule has 4 amide bonds. The Bertz CT molecular complexity index is 898. The number of pyridine rings is 1. The molecule has 1 aromatic heterocycles. The van der Waals surface area contributed by atoms with Crippen LogP contribution in [0.1, 0.15) is 12.1 Å². The Hall–Kier alpha value is -3.16. The van der Waals surface area contributed by atoms with E-state index in [4.69, 9.17) is 4.74 Å². The number of nitrogens with one attached hydrogen (secondary N) is 1. The van der Waals surface area contributed by atoms with Crippen LogP contribution in [0.15, 0.2) is 30.3 Å². The van der Waals surface area contributed by atoms with Gasteiger partial charge in [-0.15, -0.1) is 0 Å². The predicted molar refractivity (Wildman–Crippen MR) is 99.3 cm³/mol. The maximum atomic E-state index is 12.1. The molecule has 0 saturated carbocycles. The number of ether oxygens (including phenoxy) is 1. The number of carbonyl (C=O) groups is 3. The summed E-state index contributed by atoms with van der Waals surface area (Å²) in [5.41, 5.74) is 1.68. The van der Waals surface area contributed by atoms with Crippen LogP contribution in [0.25, 0.3) is 10.9 Å². The van der Waals surface area contributed by atoms with Gasteiger partial charge in [-0.2, -0.15) is 0 Å². The van der Waals surface area contributed by atoms with Crippen molar-refractivity contribution in [2.24, 2.45) is 0 Å². The van der Waals surface area contributed by atoms with Gasteiger partial charge < -0.3 is 15.0 Å². The van der Waals surface area contributed by atoms with Gasteiger partial charge in [0.15, 0.2) is 0 Å². The van der Waals surface area contributed by atoms with Gasteiger partial charge in [0, 0.05) is 25.2 Å². The first-order valence-electron chi connectivity index (χ1n) is 8.68. The second-order valence-electron chi connectivity index (χ2n) is 6.49. The fourth-order valence-corrected chi connectivity index (χ4v) is 3.01. The van der Waals surface area contributed by atoms with Crippen molar-refractivity contribution in [2.75, 3.05) is 27.2 Å². The highest BCUT2D eigenvalue weighted by Crippen LogP contribution is 2.23. The monoisotopic (exact) mass is 370 g/mol. The first-order chi connectivity index (χ1) is 12.9. The van der Waals surface area contributed by atoms with Crippen molar-refractivity contribution in [3.63, 3.8) is 0 Å². The maximum absolute atomic E-state index is 12.1. The minimum atomic E-state index is -0.756. The highest BCUT2D eigenvalue weighted by molar-refractivity contribution is 6.05. The molecule has 1 N–H and O–H groups in total. The zero-order chi connectivity index (χ0) is 19.6. The lowest BCUT2D eigenvalue weighted by molar-refractivity contribution is -0.131. The smallest absolute Gasteiger partial charge is 0.326 e. The minimum absolute atomic E-state index is 0.0690. The lowest BCUT2D eigenvalue weighted by Crippen LogP contribution is -2.38. The zero-order valence-electron chi connectivity index (χ0n) is 15.6. The number of amides is 4. The van der Waals surface area contributed by atoms with Crippen molar-refractivity contribution in [2.45, 2.75) is 19.4 Å². The summed E-state index contributed by atoms with van der Waals surface area (Å²) in [4.78, 5) is 42.6. The molecule has 1 atom stereocenters. The van der Waals surface area contributed by atoms with Crippen LogP contribution < -0.4 is 10.1 Å². The van der Waals surface area contributed by atoms with Crippen molar-refractivity contribution in [3.05, 3.63) is 36.0 Å². The van der Waals surface area contributed by atoms with Gasteiger partial charge in [-0.25, -0.2) is 9.78 Å². The fourth-order valence-electron chi connectivity index (χ4n) is 3.01. The molecule has 8 heteroatoms. The number of fused-ring (bicyclic) bond motifs is 1. The molecule has 0 spiro atoms. The molecule has 0 bridgehead atoms. The van der Waals surface area contributed by atoms with Crippen molar-refractivity contribution >= 4 is 28.7 Å². The molecule has 27 heavy (non-hydrogen) atoms. The number of likely N-dealkylation sites (N-methyl/N-ethyl adjacent to an activating group) is 2. The molecular formula is C19H22N4O4. The SMILES string of the molecule is Cc1ccc2cccc(OCCNC(=O)C[C@H]3C(=O)N(C)C(=O)N3C)c2n1. The summed E-state index contributed by atoms with van der Waals surface area (Å²) < 4.78 is 5.75. The summed E-state index contributed by atoms with van der Waals surface area (Å²) >= 11 is 0. The lowest BCUT2D eigenvalue weighted by atomic mass is 10.2. The van der Waals surface area contributed by atoms with E-state index >= 15 is 0 Å². The Balaban J connectivity index is 1.51. The number of hydrogen-bond donors (Lipinski definition) is 1. The summed E-state index contributed by atoms with van der Waals surface area (Å²) in [5.74, 6) is -0.0201. The molecule has 142 valence electrons. The van der Waals surface area contributed by atoms with E-state index in [1.165, 1.54) is 19.0 Å². The molecule has 0 radical (unpaired) electrons. The van der Waals surface area contributed by atoms with E-state index in [1.54, 1.807) is 0 Å². The van der Waals surface area contributed by atoms with Gasteiger partial charge in [-0.05, 0) is 19.1 Å². The third-order valence-corrected chi connectivity index (χ3v) is 4.55. The average molecular weight is 370 g/mol. The second-order valence-corrected chi connectivity index (χ2v) is 6.49. The number of nitrogens with zero attached hydrogens (tertiary/aromatic N) is 3. The average Bonchev–Trinajstić information content (AvgIpc) is 2.83. The van der Waals surface area contributed by atoms with Gasteiger partial charge in [0.05, 0.1) is 13.0 Å². The van der Waals surface area contributed by atoms with Crippen molar-refractivity contribution in [1.29, 1.82) is 0 Å². The quantitative estimate of drug-likeness (QED) is 0.612. The molecule has 2 heterocycles. The van der Waals surface area contributed by atoms with E-state index in [-0.39, 0.29) is 31.4 Å². The molecule has 1 aromatic carbocycles. The first kappa shape index (κ1) is 18.6. The molecule has 1 fully saturated rings. The minimum Gasteiger partial charge on any atom is -0.489 e. The summed E-state index contributed by atoms with van der Waals surface area (Å²) in [6.07, 6.45) is -0.0690. The normalized spacial score (nSPS) is 16.9. The zero-order valence-corrected chi connectivity index (χ0v) is 15.6. The largest absolute Gasteiger partial charge is 0.489 e. The van der Waals surface area contributed by atoms with Gasteiger partial charge in [-0.1, -0.05) is 18.2 Å². The molecule has 1 aliphatic heterocycles. The fraction of sp³-hybridized carbons (Fsp3) is 0.368. The molecular weight excluding hydrogens is 348 g/mol. The van der Waals surface area contributed by atoms with E-state index in [2.05, 4.69) is 10.3 Å². The van der Waals surface area contributed by atoms with E-state index < -0.39 is 12.1 Å². The number of urea groups is 1. The van der Waals surface area contributed by atoms with Crippen LogP contribution in [0, 0.1) is 6.92 Å². The van der Waals surface area contributed by atoms with Crippen LogP contribution in [0.3, 0.4) is 0 Å². The number of aryl methyl sites for hydroxylation is 1. The predicted octanol–water partition coefficient (Wildman–Crippen LogP) is 1.32. The molecule has 1 saturated heterocycles. The molecule has 0 aliphatic carbocycles. The van der Waals surface area contributed by atoms with E-state index in [0.717, 1.165) is 21.5 Å². The maximum Gasteiger partial charge on any atom is 0.326 e. The van der Waals surface area contributed by atoms with Crippen molar-refractivity contribution < 1.29 is 19.1 Å². The van der Waals surface area contributed by atoms with Crippen LogP contribution in [0.4, 0.5) is 4.79 Å². The number of rotatable bonds is 6. The summed E-state index contributed by atoms with van der Waals surface area (Å²) in [6, 6.07) is 8.46. The van der Waals surface area contributed by atoms with E-state index in [9.17, 15) is 14.4 Å². The highest BCUT2D eigenvalue weighted by Gasteiger charge is 2.41. The molecule has 0 unspecified atom stereocenters. The number of para-hydroxylation sites is 1. The number of carbonyl (C=O) groups excluding carboxylic acids is 3. The third kappa shape index (κ3) is 3.84. The van der Waals surface area contributed by atoms with Crippen molar-refractivity contribution in [1.82, 2.24) is 20.1 Å². The Morgan fingerprint density at radius 1 is 1.22 bits per heavy atom. The summed E-state index contributed by atoms with van der Waals surface area (Å²) in [7, 11) is 2.92. The highest BCUT2D eigenvalue weighted by atomic mass is 16.5. The summed E-state index contributed by atoms with van der Waals surface area (Å²) in [6.45, 7) is 2.48. The summed E-state index contributed by atoms with van der Waals surface area (Å²) in [5, 5.41) is 3.70. The molecule has 1 aliphatic rings. The number of imide groups is 1. The van der Waals surface area contributed by atoms with Crippen LogP contribution in [0.2, 0.25) is 0 Å². The Kier molecular flexibility index (Phi) is 5.25.